The van der Waals surface area contributed by atoms with E-state index >= 15 is 0 Å². The van der Waals surface area contributed by atoms with Crippen molar-refractivity contribution in [3.8, 4) is 17.1 Å². The summed E-state index contributed by atoms with van der Waals surface area (Å²) in [5.41, 5.74) is 1.37. The number of H-pyrrole nitrogens is 1. The summed E-state index contributed by atoms with van der Waals surface area (Å²) in [7, 11) is 0. The molecule has 5 heteroatoms. The molecule has 0 spiro atoms. The van der Waals surface area contributed by atoms with Gasteiger partial charge in [0.25, 0.3) is 0 Å². The van der Waals surface area contributed by atoms with Crippen molar-refractivity contribution in [2.75, 3.05) is 0 Å². The summed E-state index contributed by atoms with van der Waals surface area (Å²) in [5.74, 6) is 0. The number of para-hydroxylation sites is 1. The average molecular weight is 201 g/mol. The van der Waals surface area contributed by atoms with Crippen LogP contribution in [-0.4, -0.2) is 15.0 Å². The van der Waals surface area contributed by atoms with Gasteiger partial charge in [-0.25, -0.2) is 4.79 Å². The molecule has 1 N–H and O–H groups in total. The van der Waals surface area contributed by atoms with E-state index in [0.717, 1.165) is 5.69 Å². The van der Waals surface area contributed by atoms with Crippen LogP contribution < -0.4 is 5.63 Å². The van der Waals surface area contributed by atoms with E-state index in [9.17, 15) is 4.79 Å². The highest BCUT2D eigenvalue weighted by Gasteiger charge is 2.15. The summed E-state index contributed by atoms with van der Waals surface area (Å²) in [6, 6.07) is 9.51. The molecule has 1 aromatic rings. The number of furan rings is 1. The van der Waals surface area contributed by atoms with Gasteiger partial charge in [0, 0.05) is 0 Å². The number of hydrogen-bond donors (Lipinski definition) is 1. The first-order valence-electron chi connectivity index (χ1n) is 4.46. The molecule has 0 saturated heterocycles. The largest absolute Gasteiger partial charge is 0.427 e. The molecule has 0 atom stereocenters. The van der Waals surface area contributed by atoms with Gasteiger partial charge in [-0.15, -0.1) is 5.10 Å². The minimum absolute atomic E-state index is 0.318. The zero-order valence-corrected chi connectivity index (χ0v) is 7.68. The molecule has 0 radical (unpaired) electrons. The fourth-order valence-electron chi connectivity index (χ4n) is 1.44. The van der Waals surface area contributed by atoms with Gasteiger partial charge in [0.1, 0.15) is 12.0 Å². The topological polar surface area (TPSA) is 63.8 Å². The van der Waals surface area contributed by atoms with Gasteiger partial charge in [-0.1, -0.05) is 18.2 Å². The number of nitrogens with zero attached hydrogens (tertiary/aromatic N) is 2. The number of nitrogens with one attached hydrogen (secondary N) is 1. The zero-order valence-electron chi connectivity index (χ0n) is 7.68. The summed E-state index contributed by atoms with van der Waals surface area (Å²) >= 11 is 0. The first-order valence-corrected chi connectivity index (χ1v) is 4.46. The highest BCUT2D eigenvalue weighted by Crippen LogP contribution is 2.14. The third kappa shape index (κ3) is 1.17. The smallest absolute Gasteiger partial charge is 0.366 e. The van der Waals surface area contributed by atoms with E-state index in [1.165, 1.54) is 6.26 Å². The van der Waals surface area contributed by atoms with Gasteiger partial charge >= 0.3 is 5.63 Å². The molecule has 1 aromatic carbocycles. The zero-order chi connectivity index (χ0) is 10.3. The molecule has 0 unspecified atom stereocenters. The Bertz CT molecular complexity index is 605. The molecule has 15 heavy (non-hydrogen) atoms. The number of rotatable bonds is 1. The van der Waals surface area contributed by atoms with Crippen molar-refractivity contribution in [2.24, 2.45) is 0 Å². The first kappa shape index (κ1) is 8.05. The van der Waals surface area contributed by atoms with Crippen LogP contribution in [0.1, 0.15) is 0 Å². The monoisotopic (exact) mass is 201 g/mol. The summed E-state index contributed by atoms with van der Waals surface area (Å²) < 4.78 is 4.68. The second-order valence-corrected chi connectivity index (χ2v) is 3.14. The van der Waals surface area contributed by atoms with Gasteiger partial charge in [0.15, 0.2) is 5.69 Å². The minimum Gasteiger partial charge on any atom is -0.427 e. The molecule has 0 bridgehead atoms. The number of aromatic amines is 1. The van der Waals surface area contributed by atoms with Crippen LogP contribution in [0.4, 0.5) is 0 Å². The lowest BCUT2D eigenvalue weighted by molar-refractivity contribution is 0.526. The molecule has 3 rings (SSSR count). The number of hydrogen-bond acceptors (Lipinski definition) is 3. The van der Waals surface area contributed by atoms with Gasteiger partial charge in [0.2, 0.25) is 0 Å². The summed E-state index contributed by atoms with van der Waals surface area (Å²) in [5, 5.41) is 7.04. The van der Waals surface area contributed by atoms with E-state index in [1.54, 1.807) is 4.80 Å². The van der Waals surface area contributed by atoms with Crippen LogP contribution in [0.25, 0.3) is 17.1 Å². The normalized spacial score (nSPS) is 10.9. The van der Waals surface area contributed by atoms with Gasteiger partial charge in [0.05, 0.1) is 5.69 Å². The van der Waals surface area contributed by atoms with Crippen molar-refractivity contribution < 1.29 is 4.42 Å². The molecular formula is C10H7N3O2. The van der Waals surface area contributed by atoms with Gasteiger partial charge in [-0.05, 0) is 12.1 Å². The molecule has 0 aliphatic carbocycles. The number of fused-ring (bicyclic) bond motifs is 1. The van der Waals surface area contributed by atoms with Crippen LogP contribution in [0.15, 0.2) is 45.8 Å². The van der Waals surface area contributed by atoms with E-state index in [1.807, 2.05) is 30.3 Å². The van der Waals surface area contributed by atoms with Crippen molar-refractivity contribution in [1.29, 1.82) is 0 Å². The minimum atomic E-state index is -0.420. The van der Waals surface area contributed by atoms with Crippen molar-refractivity contribution in [1.82, 2.24) is 15.0 Å². The van der Waals surface area contributed by atoms with Crippen LogP contribution in [0.5, 0.6) is 0 Å². The first-order chi connectivity index (χ1) is 7.34. The molecule has 0 saturated carbocycles. The standard InChI is InChI=1S/C10H7N3O2/c14-10-9-8(6-15-10)11-13(12-9)7-4-2-1-3-5-7/h1-6,11H. The maximum absolute atomic E-state index is 11.2. The third-order valence-corrected chi connectivity index (χ3v) is 2.16. The van der Waals surface area contributed by atoms with Crippen LogP contribution >= 0.6 is 0 Å². The van der Waals surface area contributed by atoms with E-state index in [0.29, 0.717) is 11.4 Å². The Hall–Kier alpha value is -2.30. The average Bonchev–Trinajstić information content (AvgIpc) is 2.83. The Morgan fingerprint density at radius 3 is 2.80 bits per heavy atom. The molecule has 2 aliphatic heterocycles. The van der Waals surface area contributed by atoms with Gasteiger partial charge < -0.3 is 4.42 Å². The second kappa shape index (κ2) is 2.84. The number of benzene rings is 1. The lowest BCUT2D eigenvalue weighted by Gasteiger charge is -1.97. The Morgan fingerprint density at radius 1 is 1.27 bits per heavy atom. The highest BCUT2D eigenvalue weighted by atomic mass is 16.4. The fourth-order valence-corrected chi connectivity index (χ4v) is 1.44. The molecule has 0 aromatic heterocycles. The van der Waals surface area contributed by atoms with E-state index in [2.05, 4.69) is 14.6 Å². The molecule has 74 valence electrons. The van der Waals surface area contributed by atoms with Crippen LogP contribution in [0, 0.1) is 0 Å². The highest BCUT2D eigenvalue weighted by molar-refractivity contribution is 5.52. The summed E-state index contributed by atoms with van der Waals surface area (Å²) in [4.78, 5) is 12.7. The van der Waals surface area contributed by atoms with Crippen LogP contribution in [0.3, 0.4) is 0 Å². The van der Waals surface area contributed by atoms with Crippen molar-refractivity contribution in [3.63, 3.8) is 0 Å². The number of aromatic nitrogens is 3. The lowest BCUT2D eigenvalue weighted by atomic mass is 10.3. The summed E-state index contributed by atoms with van der Waals surface area (Å²) in [6.07, 6.45) is 1.37. The van der Waals surface area contributed by atoms with E-state index in [4.69, 9.17) is 0 Å². The lowest BCUT2D eigenvalue weighted by Crippen LogP contribution is -2.00. The second-order valence-electron chi connectivity index (χ2n) is 3.14. The maximum Gasteiger partial charge on any atom is 0.366 e. The third-order valence-electron chi connectivity index (χ3n) is 2.16. The van der Waals surface area contributed by atoms with Gasteiger partial charge in [-0.2, -0.15) is 4.80 Å². The molecule has 2 aliphatic rings. The Balaban J connectivity index is 2.21. The van der Waals surface area contributed by atoms with Gasteiger partial charge in [-0.3, -0.25) is 5.10 Å². The van der Waals surface area contributed by atoms with Crippen molar-refractivity contribution in [2.45, 2.75) is 0 Å². The fraction of sp³-hybridized carbons (Fsp3) is 0. The predicted molar refractivity (Wildman–Crippen MR) is 53.1 cm³/mol. The molecule has 5 nitrogen and oxygen atoms in total. The van der Waals surface area contributed by atoms with Crippen LogP contribution in [0.2, 0.25) is 0 Å². The van der Waals surface area contributed by atoms with E-state index < -0.39 is 5.63 Å². The van der Waals surface area contributed by atoms with Crippen molar-refractivity contribution in [3.05, 3.63) is 47.0 Å². The van der Waals surface area contributed by atoms with E-state index in [-0.39, 0.29) is 0 Å². The predicted octanol–water partition coefficient (Wildman–Crippen LogP) is 1.26. The molecular weight excluding hydrogens is 194 g/mol. The quantitative estimate of drug-likeness (QED) is 0.644. The van der Waals surface area contributed by atoms with Crippen molar-refractivity contribution >= 4 is 0 Å². The van der Waals surface area contributed by atoms with Crippen LogP contribution in [-0.2, 0) is 0 Å². The SMILES string of the molecule is O=c1occ2[nH]n(-c3ccccc3)nc1-2. The Morgan fingerprint density at radius 2 is 2.07 bits per heavy atom. The Kier molecular flexibility index (Phi) is 1.53. The Labute approximate surface area is 84.3 Å². The molecule has 2 heterocycles. The maximum atomic E-state index is 11.2. The summed E-state index contributed by atoms with van der Waals surface area (Å²) in [6.45, 7) is 0. The molecule has 0 amide bonds. The molecule has 0 fully saturated rings.